The minimum atomic E-state index is -3.95. The van der Waals surface area contributed by atoms with E-state index < -0.39 is 21.9 Å². The molecule has 3 heterocycles. The number of pyridine rings is 2. The van der Waals surface area contributed by atoms with Crippen LogP contribution in [0, 0.1) is 5.82 Å². The average Bonchev–Trinajstić information content (AvgIpc) is 3.19. The third-order valence-corrected chi connectivity index (χ3v) is 5.72. The fraction of sp³-hybridized carbons (Fsp3) is 0.222. The van der Waals surface area contributed by atoms with Crippen molar-refractivity contribution < 1.29 is 17.6 Å². The summed E-state index contributed by atoms with van der Waals surface area (Å²) in [5.74, 6) is -1.33. The summed E-state index contributed by atoms with van der Waals surface area (Å²) < 4.78 is 42.4. The van der Waals surface area contributed by atoms with Crippen LogP contribution >= 0.6 is 0 Å². The number of nitrogens with one attached hydrogen (secondary N) is 1. The van der Waals surface area contributed by atoms with Crippen molar-refractivity contribution >= 4 is 16.1 Å². The molecule has 0 aliphatic rings. The highest BCUT2D eigenvalue weighted by Crippen LogP contribution is 2.18. The van der Waals surface area contributed by atoms with Gasteiger partial charge in [0, 0.05) is 30.9 Å². The predicted octanol–water partition coefficient (Wildman–Crippen LogP) is 1.78. The van der Waals surface area contributed by atoms with Crippen molar-refractivity contribution in [1.82, 2.24) is 28.8 Å². The topological polar surface area (TPSA) is 110 Å². The minimum absolute atomic E-state index is 0.0570. The third-order valence-electron chi connectivity index (χ3n) is 4.08. The van der Waals surface area contributed by atoms with Crippen LogP contribution < -0.4 is 4.72 Å². The van der Waals surface area contributed by atoms with Crippen LogP contribution in [0.25, 0.3) is 16.9 Å². The number of carbonyl (C=O) groups excluding carboxylic acids is 1. The monoisotopic (exact) mass is 418 g/mol. The quantitative estimate of drug-likeness (QED) is 0.626. The molecule has 3 aromatic rings. The van der Waals surface area contributed by atoms with Crippen molar-refractivity contribution in [2.24, 2.45) is 0 Å². The summed E-state index contributed by atoms with van der Waals surface area (Å²) in [6.45, 7) is 3.83. The van der Waals surface area contributed by atoms with E-state index in [0.717, 1.165) is 10.5 Å². The summed E-state index contributed by atoms with van der Waals surface area (Å²) >= 11 is 0. The molecule has 0 unspecified atom stereocenters. The first-order valence-corrected chi connectivity index (χ1v) is 10.2. The first-order valence-electron chi connectivity index (χ1n) is 8.79. The second kappa shape index (κ2) is 8.45. The van der Waals surface area contributed by atoms with Crippen molar-refractivity contribution in [3.05, 3.63) is 60.6 Å². The molecule has 0 saturated heterocycles. The summed E-state index contributed by atoms with van der Waals surface area (Å²) in [5.41, 5.74) is 1.35. The number of hydrogen-bond acceptors (Lipinski definition) is 6. The molecule has 0 fully saturated rings. The summed E-state index contributed by atoms with van der Waals surface area (Å²) in [7, 11) is -3.95. The molecular formula is C18H19FN6O3S. The zero-order chi connectivity index (χ0) is 21.0. The lowest BCUT2D eigenvalue weighted by Crippen LogP contribution is -2.43. The van der Waals surface area contributed by atoms with Gasteiger partial charge < -0.3 is 0 Å². The molecule has 3 aromatic heterocycles. The summed E-state index contributed by atoms with van der Waals surface area (Å²) in [5, 5.41) is 4.15. The van der Waals surface area contributed by atoms with Gasteiger partial charge >= 0.3 is 10.2 Å². The Kier molecular flexibility index (Phi) is 5.99. The Hall–Kier alpha value is -3.18. The van der Waals surface area contributed by atoms with E-state index in [2.05, 4.69) is 15.1 Å². The van der Waals surface area contributed by atoms with Crippen LogP contribution in [0.3, 0.4) is 0 Å². The Labute approximate surface area is 167 Å². The van der Waals surface area contributed by atoms with Crippen molar-refractivity contribution in [3.8, 4) is 16.9 Å². The molecule has 152 valence electrons. The highest BCUT2D eigenvalue weighted by atomic mass is 32.2. The lowest BCUT2D eigenvalue weighted by atomic mass is 10.2. The maximum Gasteiger partial charge on any atom is 0.304 e. The van der Waals surface area contributed by atoms with E-state index in [1.165, 1.54) is 29.2 Å². The lowest BCUT2D eigenvalue weighted by Gasteiger charge is -2.18. The van der Waals surface area contributed by atoms with E-state index >= 15 is 0 Å². The number of carbonyl (C=O) groups is 1. The zero-order valence-corrected chi connectivity index (χ0v) is 16.6. The largest absolute Gasteiger partial charge is 0.304 e. The average molecular weight is 418 g/mol. The van der Waals surface area contributed by atoms with Crippen molar-refractivity contribution in [2.75, 3.05) is 13.1 Å². The molecule has 1 N–H and O–H groups in total. The molecule has 0 spiro atoms. The van der Waals surface area contributed by atoms with Crippen LogP contribution in [-0.4, -0.2) is 51.5 Å². The molecule has 0 aromatic carbocycles. The molecule has 0 atom stereocenters. The lowest BCUT2D eigenvalue weighted by molar-refractivity contribution is 0.0974. The molecule has 3 rings (SSSR count). The number of nitrogens with zero attached hydrogens (tertiary/aromatic N) is 5. The molecule has 0 aliphatic heterocycles. The van der Waals surface area contributed by atoms with Gasteiger partial charge in [0.2, 0.25) is 0 Å². The van der Waals surface area contributed by atoms with E-state index in [9.17, 15) is 17.6 Å². The molecular weight excluding hydrogens is 399 g/mol. The van der Waals surface area contributed by atoms with Crippen molar-refractivity contribution in [3.63, 3.8) is 0 Å². The van der Waals surface area contributed by atoms with Crippen molar-refractivity contribution in [2.45, 2.75) is 13.8 Å². The van der Waals surface area contributed by atoms with Gasteiger partial charge in [-0.2, -0.15) is 17.8 Å². The highest BCUT2D eigenvalue weighted by molar-refractivity contribution is 7.87. The molecule has 0 radical (unpaired) electrons. The maximum absolute atomic E-state index is 13.4. The third kappa shape index (κ3) is 4.63. The van der Waals surface area contributed by atoms with Gasteiger partial charge in [-0.05, 0) is 12.1 Å². The Balaban J connectivity index is 1.84. The van der Waals surface area contributed by atoms with Crippen LogP contribution in [0.5, 0.6) is 0 Å². The first-order chi connectivity index (χ1) is 13.8. The summed E-state index contributed by atoms with van der Waals surface area (Å²) in [4.78, 5) is 20.4. The Morgan fingerprint density at radius 1 is 1.21 bits per heavy atom. The maximum atomic E-state index is 13.4. The van der Waals surface area contributed by atoms with Crippen LogP contribution in [0.1, 0.15) is 24.3 Å². The fourth-order valence-corrected chi connectivity index (χ4v) is 3.79. The Bertz CT molecular complexity index is 1130. The standard InChI is InChI=1S/C18H19FN6O3S/c1-3-24(4-2)29(27,28)23-18(26)17-7-5-6-16(22-17)13-9-21-25(12-13)15-8-14(19)10-20-11-15/h5-12H,3-4H2,1-2H3,(H,23,26). The van der Waals surface area contributed by atoms with Crippen molar-refractivity contribution in [1.29, 1.82) is 0 Å². The SMILES string of the molecule is CCN(CC)S(=O)(=O)NC(=O)c1cccc(-c2cnn(-c3cncc(F)c3)c2)n1. The summed E-state index contributed by atoms with van der Waals surface area (Å²) in [6.07, 6.45) is 5.65. The van der Waals surface area contributed by atoms with Gasteiger partial charge in [0.25, 0.3) is 5.91 Å². The molecule has 29 heavy (non-hydrogen) atoms. The number of halogens is 1. The van der Waals surface area contributed by atoms with Crippen LogP contribution in [0.2, 0.25) is 0 Å². The number of amides is 1. The van der Waals surface area contributed by atoms with E-state index in [4.69, 9.17) is 0 Å². The predicted molar refractivity (Wildman–Crippen MR) is 104 cm³/mol. The van der Waals surface area contributed by atoms with Crippen LogP contribution in [0.15, 0.2) is 49.1 Å². The molecule has 0 aliphatic carbocycles. The Morgan fingerprint density at radius 2 is 1.97 bits per heavy atom. The second-order valence-corrected chi connectivity index (χ2v) is 7.63. The van der Waals surface area contributed by atoms with Gasteiger partial charge in [0.1, 0.15) is 11.5 Å². The second-order valence-electron chi connectivity index (χ2n) is 5.96. The summed E-state index contributed by atoms with van der Waals surface area (Å²) in [6, 6.07) is 5.93. The molecule has 1 amide bonds. The Morgan fingerprint density at radius 3 is 2.66 bits per heavy atom. The van der Waals surface area contributed by atoms with E-state index in [1.54, 1.807) is 32.2 Å². The number of hydrogen-bond donors (Lipinski definition) is 1. The van der Waals surface area contributed by atoms with E-state index in [0.29, 0.717) is 16.9 Å². The minimum Gasteiger partial charge on any atom is -0.266 e. The normalized spacial score (nSPS) is 11.6. The zero-order valence-electron chi connectivity index (χ0n) is 15.8. The van der Waals surface area contributed by atoms with Gasteiger partial charge in [-0.25, -0.2) is 18.8 Å². The van der Waals surface area contributed by atoms with Gasteiger partial charge in [-0.3, -0.25) is 9.78 Å². The van der Waals surface area contributed by atoms with Crippen LogP contribution in [-0.2, 0) is 10.2 Å². The number of rotatable bonds is 7. The smallest absolute Gasteiger partial charge is 0.266 e. The highest BCUT2D eigenvalue weighted by Gasteiger charge is 2.23. The first kappa shape index (κ1) is 20.6. The number of aromatic nitrogens is 4. The molecule has 9 nitrogen and oxygen atoms in total. The van der Waals surface area contributed by atoms with Gasteiger partial charge in [-0.15, -0.1) is 0 Å². The fourth-order valence-electron chi connectivity index (χ4n) is 2.64. The van der Waals surface area contributed by atoms with Gasteiger partial charge in [-0.1, -0.05) is 19.9 Å². The van der Waals surface area contributed by atoms with E-state index in [-0.39, 0.29) is 18.8 Å². The van der Waals surface area contributed by atoms with Crippen LogP contribution in [0.4, 0.5) is 4.39 Å². The van der Waals surface area contributed by atoms with Gasteiger partial charge in [0.15, 0.2) is 0 Å². The molecule has 0 saturated carbocycles. The molecule has 11 heteroatoms. The van der Waals surface area contributed by atoms with Gasteiger partial charge in [0.05, 0.1) is 30.0 Å². The van der Waals surface area contributed by atoms with E-state index in [1.807, 2.05) is 4.72 Å². The molecule has 0 bridgehead atoms.